The minimum atomic E-state index is -0.618. The first kappa shape index (κ1) is 21.4. The normalized spacial score (nSPS) is 25.8. The third kappa shape index (κ3) is 3.67. The first-order chi connectivity index (χ1) is 15.5. The molecule has 4 nitrogen and oxygen atoms in total. The number of ether oxygens (including phenoxy) is 1. The van der Waals surface area contributed by atoms with Gasteiger partial charge >= 0.3 is 0 Å². The lowest BCUT2D eigenvalue weighted by molar-refractivity contribution is -0.0562. The van der Waals surface area contributed by atoms with Crippen molar-refractivity contribution in [3.05, 3.63) is 59.4 Å². The highest BCUT2D eigenvalue weighted by Crippen LogP contribution is 2.43. The lowest BCUT2D eigenvalue weighted by Gasteiger charge is -2.51. The molecule has 3 aliphatic rings. The van der Waals surface area contributed by atoms with Crippen molar-refractivity contribution >= 4 is 10.9 Å². The number of aliphatic hydroxyl groups excluding tert-OH is 1. The van der Waals surface area contributed by atoms with Crippen LogP contribution in [0.15, 0.2) is 42.5 Å². The van der Waals surface area contributed by atoms with Crippen LogP contribution in [0, 0.1) is 24.6 Å². The van der Waals surface area contributed by atoms with Crippen LogP contribution < -0.4 is 4.74 Å². The van der Waals surface area contributed by atoms with Gasteiger partial charge in [-0.2, -0.15) is 0 Å². The minimum Gasteiger partial charge on any atom is -0.497 e. The summed E-state index contributed by atoms with van der Waals surface area (Å²) in [4.78, 5) is 7.35. The predicted octanol–water partition coefficient (Wildman–Crippen LogP) is 5.51. The lowest BCUT2D eigenvalue weighted by atomic mass is 9.72. The molecule has 2 aromatic carbocycles. The van der Waals surface area contributed by atoms with Gasteiger partial charge in [0.1, 0.15) is 11.6 Å². The first-order valence-corrected chi connectivity index (χ1v) is 11.7. The van der Waals surface area contributed by atoms with E-state index in [1.54, 1.807) is 13.2 Å². The lowest BCUT2D eigenvalue weighted by Crippen LogP contribution is -2.55. The van der Waals surface area contributed by atoms with Gasteiger partial charge in [-0.25, -0.2) is 9.37 Å². The fourth-order valence-electron chi connectivity index (χ4n) is 5.83. The summed E-state index contributed by atoms with van der Waals surface area (Å²) in [6, 6.07) is 12.7. The second-order valence-electron chi connectivity index (χ2n) is 9.40. The van der Waals surface area contributed by atoms with Gasteiger partial charge in [-0.1, -0.05) is 13.3 Å². The van der Waals surface area contributed by atoms with E-state index in [0.717, 1.165) is 64.5 Å². The third-order valence-electron chi connectivity index (χ3n) is 7.66. The Labute approximate surface area is 189 Å². The zero-order chi connectivity index (χ0) is 22.4. The molecule has 2 unspecified atom stereocenters. The average molecular weight is 435 g/mol. The molecule has 3 aliphatic heterocycles. The van der Waals surface area contributed by atoms with Gasteiger partial charge in [0.15, 0.2) is 0 Å². The van der Waals surface area contributed by atoms with Crippen molar-refractivity contribution in [2.24, 2.45) is 11.8 Å². The van der Waals surface area contributed by atoms with Crippen LogP contribution >= 0.6 is 0 Å². The maximum Gasteiger partial charge on any atom is 0.123 e. The summed E-state index contributed by atoms with van der Waals surface area (Å²) in [7, 11) is 1.65. The number of rotatable bonds is 5. The number of aromatic nitrogens is 1. The second-order valence-corrected chi connectivity index (χ2v) is 9.40. The summed E-state index contributed by atoms with van der Waals surface area (Å²) in [5.41, 5.74) is 4.16. The Bertz CT molecular complexity index is 1150. The van der Waals surface area contributed by atoms with Gasteiger partial charge in [0, 0.05) is 23.5 Å². The van der Waals surface area contributed by atoms with E-state index in [2.05, 4.69) is 11.8 Å². The van der Waals surface area contributed by atoms with Gasteiger partial charge in [-0.3, -0.25) is 4.90 Å². The van der Waals surface area contributed by atoms with Gasteiger partial charge in [0.25, 0.3) is 0 Å². The van der Waals surface area contributed by atoms with Crippen LogP contribution in [-0.2, 0) is 0 Å². The van der Waals surface area contributed by atoms with Crippen molar-refractivity contribution in [1.29, 1.82) is 0 Å². The van der Waals surface area contributed by atoms with Gasteiger partial charge < -0.3 is 9.84 Å². The largest absolute Gasteiger partial charge is 0.497 e. The summed E-state index contributed by atoms with van der Waals surface area (Å²) in [6.45, 7) is 6.29. The number of nitrogens with zero attached hydrogens (tertiary/aromatic N) is 2. The van der Waals surface area contributed by atoms with Gasteiger partial charge in [0.05, 0.1) is 24.4 Å². The molecule has 3 aromatic rings. The molecule has 0 radical (unpaired) electrons. The van der Waals surface area contributed by atoms with E-state index in [1.807, 2.05) is 31.2 Å². The smallest absolute Gasteiger partial charge is 0.123 e. The van der Waals surface area contributed by atoms with Crippen molar-refractivity contribution in [1.82, 2.24) is 9.88 Å². The highest BCUT2D eigenvalue weighted by Gasteiger charge is 2.42. The molecule has 168 valence electrons. The molecule has 0 saturated carbocycles. The predicted molar refractivity (Wildman–Crippen MR) is 125 cm³/mol. The molecule has 32 heavy (non-hydrogen) atoms. The Kier molecular flexibility index (Phi) is 5.64. The van der Waals surface area contributed by atoms with Crippen LogP contribution in [0.3, 0.4) is 0 Å². The maximum absolute atomic E-state index is 13.7. The molecule has 3 saturated heterocycles. The van der Waals surface area contributed by atoms with Crippen LogP contribution in [0.2, 0.25) is 0 Å². The quantitative estimate of drug-likeness (QED) is 0.575. The van der Waals surface area contributed by atoms with Crippen molar-refractivity contribution in [2.75, 3.05) is 20.2 Å². The summed E-state index contributed by atoms with van der Waals surface area (Å²) >= 11 is 0. The first-order valence-electron chi connectivity index (χ1n) is 11.7. The van der Waals surface area contributed by atoms with Crippen molar-refractivity contribution < 1.29 is 14.2 Å². The number of aliphatic hydroxyl groups is 1. The van der Waals surface area contributed by atoms with Crippen LogP contribution in [0.1, 0.15) is 43.4 Å². The molecule has 1 N–H and O–H groups in total. The topological polar surface area (TPSA) is 45.6 Å². The Morgan fingerprint density at radius 3 is 2.75 bits per heavy atom. The second kappa shape index (κ2) is 8.45. The number of hydrogen-bond acceptors (Lipinski definition) is 4. The SMILES string of the molecule is CC[C@H]1CN2CC[C@H]1CC2[C@H](O)c1cc(-c2ccc(F)cc2C)nc2ccc(OC)cc12. The molecular weight excluding hydrogens is 403 g/mol. The fourth-order valence-corrected chi connectivity index (χ4v) is 5.83. The van der Waals surface area contributed by atoms with Crippen molar-refractivity contribution in [3.63, 3.8) is 0 Å². The number of benzene rings is 2. The highest BCUT2D eigenvalue weighted by atomic mass is 19.1. The summed E-state index contributed by atoms with van der Waals surface area (Å²) in [5, 5.41) is 12.6. The van der Waals surface area contributed by atoms with Crippen molar-refractivity contribution in [3.8, 4) is 17.0 Å². The Hall–Kier alpha value is -2.50. The fraction of sp³-hybridized carbons (Fsp3) is 0.444. The van der Waals surface area contributed by atoms with Crippen molar-refractivity contribution in [2.45, 2.75) is 45.3 Å². The van der Waals surface area contributed by atoms with E-state index in [-0.39, 0.29) is 11.9 Å². The Balaban J connectivity index is 1.61. The number of hydrogen-bond donors (Lipinski definition) is 1. The molecule has 0 aliphatic carbocycles. The highest BCUT2D eigenvalue weighted by molar-refractivity contribution is 5.87. The number of methoxy groups -OCH3 is 1. The molecule has 2 bridgehead atoms. The number of halogens is 1. The molecule has 3 fully saturated rings. The van der Waals surface area contributed by atoms with Crippen LogP contribution in [0.25, 0.3) is 22.2 Å². The summed E-state index contributed by atoms with van der Waals surface area (Å²) in [6.07, 6.45) is 2.84. The summed E-state index contributed by atoms with van der Waals surface area (Å²) < 4.78 is 19.2. The van der Waals surface area contributed by atoms with Crippen LogP contribution in [-0.4, -0.2) is 41.2 Å². The molecule has 5 atom stereocenters. The molecular formula is C27H31FN2O2. The van der Waals surface area contributed by atoms with Gasteiger partial charge in [0.2, 0.25) is 0 Å². The monoisotopic (exact) mass is 434 g/mol. The maximum atomic E-state index is 13.7. The van der Waals surface area contributed by atoms with E-state index >= 15 is 0 Å². The standard InChI is InChI=1S/C27H31FN2O2/c1-4-17-15-30-10-9-18(17)12-26(30)27(31)23-14-25(21-7-5-19(28)11-16(21)2)29-24-8-6-20(32-3)13-22(23)24/h5-8,11,13-14,17-18,26-27,31H,4,9-10,12,15H2,1-3H3/t17-,18-,26?,27+/m0/s1. The van der Waals surface area contributed by atoms with E-state index < -0.39 is 6.10 Å². The molecule has 0 spiro atoms. The van der Waals surface area contributed by atoms with Gasteiger partial charge in [-0.05, 0) is 91.7 Å². The van der Waals surface area contributed by atoms with Crippen LogP contribution in [0.5, 0.6) is 5.75 Å². The zero-order valence-electron chi connectivity index (χ0n) is 19.0. The molecule has 4 heterocycles. The number of aryl methyl sites for hydroxylation is 1. The third-order valence-corrected chi connectivity index (χ3v) is 7.66. The number of fused-ring (bicyclic) bond motifs is 4. The number of pyridine rings is 1. The average Bonchev–Trinajstić information content (AvgIpc) is 2.82. The molecule has 6 rings (SSSR count). The Morgan fingerprint density at radius 1 is 1.22 bits per heavy atom. The molecule has 1 aromatic heterocycles. The Morgan fingerprint density at radius 2 is 2.06 bits per heavy atom. The molecule has 0 amide bonds. The minimum absolute atomic E-state index is 0.107. The van der Waals surface area contributed by atoms with E-state index in [1.165, 1.54) is 25.0 Å². The van der Waals surface area contributed by atoms with E-state index in [4.69, 9.17) is 9.72 Å². The summed E-state index contributed by atoms with van der Waals surface area (Å²) in [5.74, 6) is 1.91. The van der Waals surface area contributed by atoms with E-state index in [0.29, 0.717) is 5.92 Å². The number of piperidine rings is 3. The molecule has 5 heteroatoms. The van der Waals surface area contributed by atoms with Crippen LogP contribution in [0.4, 0.5) is 4.39 Å². The van der Waals surface area contributed by atoms with Gasteiger partial charge in [-0.15, -0.1) is 0 Å². The van der Waals surface area contributed by atoms with E-state index in [9.17, 15) is 9.50 Å². The zero-order valence-corrected chi connectivity index (χ0v) is 19.0.